The van der Waals surface area contributed by atoms with Gasteiger partial charge in [-0.1, -0.05) is 18.2 Å². The standard InChI is InChI=1S/C22H23FN4O3/c1-14-3-6-16(11-18(14)23)24-21(28)13-26-9-10-27-20(22(26)29)12-19(25-27)15-4-7-17(30-2)8-5-15/h3-11,19-20,25H,12-13H2,1-2H3,(H,24,28). The number of carbonyl (C=O) groups excluding carboxylic acids is 2. The zero-order chi connectivity index (χ0) is 21.3. The van der Waals surface area contributed by atoms with Crippen LogP contribution in [-0.4, -0.2) is 41.4 Å². The third kappa shape index (κ3) is 3.99. The van der Waals surface area contributed by atoms with E-state index in [0.717, 1.165) is 11.3 Å². The highest BCUT2D eigenvalue weighted by molar-refractivity contribution is 5.96. The predicted octanol–water partition coefficient (Wildman–Crippen LogP) is 2.71. The highest BCUT2D eigenvalue weighted by Crippen LogP contribution is 2.31. The van der Waals surface area contributed by atoms with E-state index < -0.39 is 6.04 Å². The Bertz CT molecular complexity index is 992. The van der Waals surface area contributed by atoms with E-state index in [1.54, 1.807) is 43.6 Å². The molecule has 2 aromatic carbocycles. The molecule has 4 rings (SSSR count). The number of benzene rings is 2. The summed E-state index contributed by atoms with van der Waals surface area (Å²) >= 11 is 0. The van der Waals surface area contributed by atoms with Crippen LogP contribution in [0, 0.1) is 12.7 Å². The first-order valence-corrected chi connectivity index (χ1v) is 9.68. The van der Waals surface area contributed by atoms with Gasteiger partial charge < -0.3 is 20.0 Å². The fraction of sp³-hybridized carbons (Fsp3) is 0.273. The molecule has 0 saturated carbocycles. The number of hydrogen-bond acceptors (Lipinski definition) is 5. The number of halogens is 1. The smallest absolute Gasteiger partial charge is 0.251 e. The molecule has 0 bridgehead atoms. The monoisotopic (exact) mass is 410 g/mol. The van der Waals surface area contributed by atoms with Gasteiger partial charge in [0, 0.05) is 18.1 Å². The fourth-order valence-electron chi connectivity index (χ4n) is 3.65. The molecule has 2 atom stereocenters. The molecular weight excluding hydrogens is 387 g/mol. The lowest BCUT2D eigenvalue weighted by molar-refractivity contribution is -0.137. The molecule has 2 aliphatic heterocycles. The van der Waals surface area contributed by atoms with Gasteiger partial charge in [0.1, 0.15) is 24.2 Å². The van der Waals surface area contributed by atoms with E-state index in [0.29, 0.717) is 17.7 Å². The molecule has 1 saturated heterocycles. The number of methoxy groups -OCH3 is 1. The second-order valence-electron chi connectivity index (χ2n) is 7.39. The van der Waals surface area contributed by atoms with Gasteiger partial charge in [-0.3, -0.25) is 9.59 Å². The van der Waals surface area contributed by atoms with Gasteiger partial charge in [0.05, 0.1) is 13.2 Å². The molecule has 0 aromatic heterocycles. The quantitative estimate of drug-likeness (QED) is 0.793. The zero-order valence-electron chi connectivity index (χ0n) is 16.8. The molecule has 7 nitrogen and oxygen atoms in total. The maximum atomic E-state index is 13.7. The van der Waals surface area contributed by atoms with E-state index in [-0.39, 0.29) is 30.2 Å². The molecule has 8 heteroatoms. The largest absolute Gasteiger partial charge is 0.497 e. The Labute approximate surface area is 174 Å². The summed E-state index contributed by atoms with van der Waals surface area (Å²) in [5, 5.41) is 4.41. The number of fused-ring (bicyclic) bond motifs is 1. The summed E-state index contributed by atoms with van der Waals surface area (Å²) in [6, 6.07) is 11.8. The van der Waals surface area contributed by atoms with Crippen LogP contribution in [0.15, 0.2) is 54.9 Å². The van der Waals surface area contributed by atoms with Gasteiger partial charge in [-0.05, 0) is 48.7 Å². The van der Waals surface area contributed by atoms with Crippen LogP contribution in [-0.2, 0) is 9.59 Å². The summed E-state index contributed by atoms with van der Waals surface area (Å²) in [5.74, 6) is -0.163. The van der Waals surface area contributed by atoms with Crippen LogP contribution in [0.5, 0.6) is 5.75 Å². The molecule has 0 spiro atoms. The van der Waals surface area contributed by atoms with Crippen LogP contribution in [0.3, 0.4) is 0 Å². The SMILES string of the molecule is COc1ccc(C2CC3C(=O)N(CC(=O)Nc4ccc(C)c(F)c4)C=CN3N2)cc1. The van der Waals surface area contributed by atoms with Gasteiger partial charge in [-0.15, -0.1) is 0 Å². The Hall–Kier alpha value is -3.39. The number of hydrogen-bond donors (Lipinski definition) is 2. The Morgan fingerprint density at radius 2 is 2.00 bits per heavy atom. The van der Waals surface area contributed by atoms with Crippen LogP contribution in [0.1, 0.15) is 23.6 Å². The lowest BCUT2D eigenvalue weighted by Crippen LogP contribution is -2.49. The minimum absolute atomic E-state index is 0.0150. The van der Waals surface area contributed by atoms with Crippen LogP contribution >= 0.6 is 0 Å². The van der Waals surface area contributed by atoms with E-state index >= 15 is 0 Å². The molecule has 30 heavy (non-hydrogen) atoms. The molecule has 2 aliphatic rings. The van der Waals surface area contributed by atoms with Crippen LogP contribution < -0.4 is 15.5 Å². The first kappa shape index (κ1) is 19.9. The number of carbonyl (C=O) groups is 2. The van der Waals surface area contributed by atoms with Crippen LogP contribution in [0.2, 0.25) is 0 Å². The van der Waals surface area contributed by atoms with Crippen LogP contribution in [0.25, 0.3) is 0 Å². The molecule has 0 aliphatic carbocycles. The van der Waals surface area contributed by atoms with Gasteiger partial charge in [-0.25, -0.2) is 9.82 Å². The summed E-state index contributed by atoms with van der Waals surface area (Å²) in [5.41, 5.74) is 5.23. The number of nitrogens with one attached hydrogen (secondary N) is 2. The number of hydrazine groups is 1. The number of amides is 2. The van der Waals surface area contributed by atoms with Crippen molar-refractivity contribution >= 4 is 17.5 Å². The van der Waals surface area contributed by atoms with Crippen molar-refractivity contribution in [3.63, 3.8) is 0 Å². The highest BCUT2D eigenvalue weighted by Gasteiger charge is 2.40. The Morgan fingerprint density at radius 3 is 2.70 bits per heavy atom. The maximum Gasteiger partial charge on any atom is 0.251 e. The average Bonchev–Trinajstić information content (AvgIpc) is 3.18. The van der Waals surface area contributed by atoms with Gasteiger partial charge in [0.2, 0.25) is 5.91 Å². The third-order valence-corrected chi connectivity index (χ3v) is 5.36. The minimum atomic E-state index is -0.397. The molecule has 156 valence electrons. The summed E-state index contributed by atoms with van der Waals surface area (Å²) < 4.78 is 18.9. The van der Waals surface area contributed by atoms with Crippen LogP contribution in [0.4, 0.5) is 10.1 Å². The first-order valence-electron chi connectivity index (χ1n) is 9.68. The normalized spacial score (nSPS) is 20.3. The molecule has 2 aromatic rings. The van der Waals surface area contributed by atoms with Gasteiger partial charge in [-0.2, -0.15) is 0 Å². The van der Waals surface area contributed by atoms with E-state index in [1.807, 2.05) is 24.3 Å². The van der Waals surface area contributed by atoms with E-state index in [9.17, 15) is 14.0 Å². The summed E-state index contributed by atoms with van der Waals surface area (Å²) in [7, 11) is 1.62. The number of rotatable bonds is 5. The molecule has 2 heterocycles. The molecule has 0 radical (unpaired) electrons. The summed E-state index contributed by atoms with van der Waals surface area (Å²) in [6.45, 7) is 1.51. The highest BCUT2D eigenvalue weighted by atomic mass is 19.1. The third-order valence-electron chi connectivity index (χ3n) is 5.36. The Morgan fingerprint density at radius 1 is 1.23 bits per heavy atom. The van der Waals surface area contributed by atoms with Crippen molar-refractivity contribution in [3.8, 4) is 5.75 Å². The second kappa shape index (κ2) is 8.16. The van der Waals surface area contributed by atoms with Crippen molar-refractivity contribution in [1.29, 1.82) is 0 Å². The Balaban J connectivity index is 1.38. The van der Waals surface area contributed by atoms with Crippen molar-refractivity contribution in [1.82, 2.24) is 15.3 Å². The minimum Gasteiger partial charge on any atom is -0.497 e. The van der Waals surface area contributed by atoms with Gasteiger partial charge in [0.25, 0.3) is 5.91 Å². The fourth-order valence-corrected chi connectivity index (χ4v) is 3.65. The van der Waals surface area contributed by atoms with E-state index in [4.69, 9.17) is 4.74 Å². The van der Waals surface area contributed by atoms with Crippen molar-refractivity contribution in [3.05, 3.63) is 71.8 Å². The van der Waals surface area contributed by atoms with Gasteiger partial charge >= 0.3 is 0 Å². The molecule has 1 fully saturated rings. The predicted molar refractivity (Wildman–Crippen MR) is 110 cm³/mol. The number of ether oxygens (including phenoxy) is 1. The lowest BCUT2D eigenvalue weighted by atomic mass is 10.0. The van der Waals surface area contributed by atoms with E-state index in [1.165, 1.54) is 11.0 Å². The van der Waals surface area contributed by atoms with Crippen molar-refractivity contribution in [2.75, 3.05) is 19.0 Å². The number of aryl methyl sites for hydroxylation is 1. The summed E-state index contributed by atoms with van der Waals surface area (Å²) in [6.07, 6.45) is 3.92. The Kier molecular flexibility index (Phi) is 5.41. The van der Waals surface area contributed by atoms with Crippen molar-refractivity contribution in [2.45, 2.75) is 25.4 Å². The topological polar surface area (TPSA) is 73.9 Å². The summed E-state index contributed by atoms with van der Waals surface area (Å²) in [4.78, 5) is 26.7. The molecule has 2 unspecified atom stereocenters. The second-order valence-corrected chi connectivity index (χ2v) is 7.39. The first-order chi connectivity index (χ1) is 14.4. The number of nitrogens with zero attached hydrogens (tertiary/aromatic N) is 2. The van der Waals surface area contributed by atoms with Crippen molar-refractivity contribution < 1.29 is 18.7 Å². The zero-order valence-corrected chi connectivity index (χ0v) is 16.8. The van der Waals surface area contributed by atoms with Crippen molar-refractivity contribution in [2.24, 2.45) is 0 Å². The molecule has 2 amide bonds. The molecular formula is C22H23FN4O3. The molecule has 2 N–H and O–H groups in total. The number of anilines is 1. The van der Waals surface area contributed by atoms with Gasteiger partial charge in [0.15, 0.2) is 0 Å². The lowest BCUT2D eigenvalue weighted by Gasteiger charge is -2.31. The van der Waals surface area contributed by atoms with E-state index in [2.05, 4.69) is 10.7 Å². The average molecular weight is 410 g/mol. The maximum absolute atomic E-state index is 13.7.